The van der Waals surface area contributed by atoms with Crippen molar-refractivity contribution >= 4 is 22.5 Å². The van der Waals surface area contributed by atoms with E-state index in [1.807, 2.05) is 43.5 Å². The zero-order valence-corrected chi connectivity index (χ0v) is 20.2. The molecule has 0 fully saturated rings. The lowest BCUT2D eigenvalue weighted by atomic mass is 10.1. The molecule has 7 heteroatoms. The molecule has 0 bridgehead atoms. The molecule has 174 valence electrons. The smallest absolute Gasteiger partial charge is 0.181 e. The normalized spacial score (nSPS) is 10.2. The third kappa shape index (κ3) is 7.15. The van der Waals surface area contributed by atoms with Gasteiger partial charge in [0.1, 0.15) is 5.75 Å². The first kappa shape index (κ1) is 25.5. The summed E-state index contributed by atoms with van der Waals surface area (Å²) in [5, 5.41) is 8.27. The summed E-state index contributed by atoms with van der Waals surface area (Å²) in [6, 6.07) is 17.0. The van der Waals surface area contributed by atoms with Gasteiger partial charge in [-0.25, -0.2) is 4.98 Å². The zero-order valence-electron chi connectivity index (χ0n) is 20.2. The number of Topliss-reactive ketones (excluding diaryl/α,β-unsaturated/α-hetero) is 1. The summed E-state index contributed by atoms with van der Waals surface area (Å²) in [6.45, 7) is 6.79. The Hall–Kier alpha value is -3.71. The van der Waals surface area contributed by atoms with Gasteiger partial charge in [0.2, 0.25) is 0 Å². The first-order chi connectivity index (χ1) is 15.8. The van der Waals surface area contributed by atoms with Gasteiger partial charge in [-0.3, -0.25) is 9.89 Å². The van der Waals surface area contributed by atoms with Crippen LogP contribution in [0, 0.1) is 6.92 Å². The lowest BCUT2D eigenvalue weighted by Gasteiger charge is -2.06. The standard InChI is InChI=1S/C14H13N3O.C8H9NO.C4H11N/c1-9-7-11-13(16-17-14(11)15-8-9)10-5-3-4-6-12(10)18-2;1-6(10)7-4-2-3-5-8(7)9;1-4-5(2)3/h3-8H,1-2H3,(H,15,16,17);2-5H,9H2,1H3;4H2,1-3H3. The average molecular weight is 448 g/mol. The van der Waals surface area contributed by atoms with Gasteiger partial charge in [0.15, 0.2) is 11.4 Å². The number of nitrogen functional groups attached to an aromatic ring is 1. The van der Waals surface area contributed by atoms with Crippen molar-refractivity contribution in [2.45, 2.75) is 20.8 Å². The predicted molar refractivity (Wildman–Crippen MR) is 136 cm³/mol. The van der Waals surface area contributed by atoms with Gasteiger partial charge < -0.3 is 15.4 Å². The minimum absolute atomic E-state index is 0.0121. The number of carbonyl (C=O) groups is 1. The molecule has 0 saturated heterocycles. The van der Waals surface area contributed by atoms with E-state index in [9.17, 15) is 4.79 Å². The molecule has 0 aliphatic heterocycles. The highest BCUT2D eigenvalue weighted by Crippen LogP contribution is 2.32. The van der Waals surface area contributed by atoms with E-state index in [4.69, 9.17) is 10.5 Å². The molecule has 0 aliphatic carbocycles. The van der Waals surface area contributed by atoms with Crippen LogP contribution in [0.3, 0.4) is 0 Å². The van der Waals surface area contributed by atoms with Crippen LogP contribution in [0.4, 0.5) is 5.69 Å². The number of rotatable bonds is 4. The van der Waals surface area contributed by atoms with Crippen molar-refractivity contribution in [2.24, 2.45) is 0 Å². The van der Waals surface area contributed by atoms with Gasteiger partial charge in [0.25, 0.3) is 0 Å². The van der Waals surface area contributed by atoms with Crippen molar-refractivity contribution in [1.29, 1.82) is 0 Å². The monoisotopic (exact) mass is 447 g/mol. The highest BCUT2D eigenvalue weighted by atomic mass is 16.5. The van der Waals surface area contributed by atoms with Gasteiger partial charge in [-0.05, 0) is 70.4 Å². The Kier molecular flexibility index (Phi) is 9.57. The summed E-state index contributed by atoms with van der Waals surface area (Å²) >= 11 is 0. The Balaban J connectivity index is 0.000000217. The molecule has 7 nitrogen and oxygen atoms in total. The lowest BCUT2D eigenvalue weighted by Crippen LogP contribution is -2.08. The second-order valence-corrected chi connectivity index (χ2v) is 7.72. The van der Waals surface area contributed by atoms with Crippen LogP contribution in [-0.4, -0.2) is 53.6 Å². The van der Waals surface area contributed by atoms with Gasteiger partial charge in [-0.15, -0.1) is 0 Å². The van der Waals surface area contributed by atoms with E-state index in [-0.39, 0.29) is 5.78 Å². The number of ketones is 1. The summed E-state index contributed by atoms with van der Waals surface area (Å²) in [5.74, 6) is 0.836. The number of pyridine rings is 1. The minimum Gasteiger partial charge on any atom is -0.496 e. The number of benzene rings is 2. The zero-order chi connectivity index (χ0) is 24.4. The van der Waals surface area contributed by atoms with Crippen molar-refractivity contribution in [3.8, 4) is 17.0 Å². The number of nitrogens with one attached hydrogen (secondary N) is 1. The number of hydrogen-bond donors (Lipinski definition) is 2. The number of hydrogen-bond acceptors (Lipinski definition) is 6. The summed E-state index contributed by atoms with van der Waals surface area (Å²) < 4.78 is 5.38. The molecule has 0 spiro atoms. The van der Waals surface area contributed by atoms with Gasteiger partial charge in [0, 0.05) is 28.4 Å². The predicted octanol–water partition coefficient (Wildman–Crippen LogP) is 4.98. The molecule has 0 saturated carbocycles. The van der Waals surface area contributed by atoms with Crippen molar-refractivity contribution in [3.63, 3.8) is 0 Å². The van der Waals surface area contributed by atoms with Gasteiger partial charge in [-0.2, -0.15) is 5.10 Å². The Bertz CT molecular complexity index is 1180. The number of nitrogens with zero attached hydrogens (tertiary/aromatic N) is 3. The van der Waals surface area contributed by atoms with E-state index in [0.717, 1.165) is 40.1 Å². The third-order valence-electron chi connectivity index (χ3n) is 4.90. The summed E-state index contributed by atoms with van der Waals surface area (Å²) in [4.78, 5) is 17.2. The number of aromatic nitrogens is 3. The SMILES string of the molecule is CC(=O)c1ccccc1N.CCN(C)C.COc1ccccc1-c1[nH]nc2ncc(C)cc12. The van der Waals surface area contributed by atoms with Crippen LogP contribution >= 0.6 is 0 Å². The first-order valence-corrected chi connectivity index (χ1v) is 10.7. The number of aryl methyl sites for hydroxylation is 1. The van der Waals surface area contributed by atoms with Crippen LogP contribution in [0.2, 0.25) is 0 Å². The number of fused-ring (bicyclic) bond motifs is 1. The lowest BCUT2D eigenvalue weighted by molar-refractivity contribution is 0.101. The Morgan fingerprint density at radius 3 is 2.33 bits per heavy atom. The third-order valence-corrected chi connectivity index (χ3v) is 4.90. The summed E-state index contributed by atoms with van der Waals surface area (Å²) in [7, 11) is 5.78. The van der Waals surface area contributed by atoms with E-state index in [2.05, 4.69) is 47.2 Å². The van der Waals surface area contributed by atoms with Crippen molar-refractivity contribution in [3.05, 3.63) is 71.9 Å². The van der Waals surface area contributed by atoms with Crippen molar-refractivity contribution in [2.75, 3.05) is 33.5 Å². The highest BCUT2D eigenvalue weighted by molar-refractivity contribution is 5.98. The molecule has 4 rings (SSSR count). The fourth-order valence-electron chi connectivity index (χ4n) is 2.88. The van der Waals surface area contributed by atoms with Gasteiger partial charge in [-0.1, -0.05) is 31.2 Å². The Labute approximate surface area is 195 Å². The van der Waals surface area contributed by atoms with E-state index < -0.39 is 0 Å². The molecule has 4 aromatic rings. The molecule has 3 N–H and O–H groups in total. The van der Waals surface area contributed by atoms with Crippen LogP contribution < -0.4 is 10.5 Å². The topological polar surface area (TPSA) is 97.1 Å². The van der Waals surface area contributed by atoms with Crippen LogP contribution in [0.5, 0.6) is 5.75 Å². The molecule has 0 unspecified atom stereocenters. The highest BCUT2D eigenvalue weighted by Gasteiger charge is 2.12. The molecule has 0 amide bonds. The number of para-hydroxylation sites is 2. The number of carbonyl (C=O) groups excluding carboxylic acids is 1. The van der Waals surface area contributed by atoms with E-state index in [1.54, 1.807) is 25.3 Å². The largest absolute Gasteiger partial charge is 0.496 e. The number of nitrogens with two attached hydrogens (primary N) is 1. The maximum Gasteiger partial charge on any atom is 0.181 e. The fourth-order valence-corrected chi connectivity index (χ4v) is 2.88. The van der Waals surface area contributed by atoms with Crippen LogP contribution in [0.25, 0.3) is 22.3 Å². The molecule has 2 aromatic carbocycles. The number of methoxy groups -OCH3 is 1. The maximum absolute atomic E-state index is 10.8. The number of anilines is 1. The number of aromatic amines is 1. The molecule has 33 heavy (non-hydrogen) atoms. The second kappa shape index (κ2) is 12.4. The van der Waals surface area contributed by atoms with E-state index in [1.165, 1.54) is 6.92 Å². The summed E-state index contributed by atoms with van der Waals surface area (Å²) in [6.07, 6.45) is 1.81. The molecular formula is C26H33N5O2. The average Bonchev–Trinajstić information content (AvgIpc) is 3.22. The molecule has 0 radical (unpaired) electrons. The van der Waals surface area contributed by atoms with Crippen LogP contribution in [0.1, 0.15) is 29.8 Å². The van der Waals surface area contributed by atoms with Crippen LogP contribution in [0.15, 0.2) is 60.8 Å². The molecular weight excluding hydrogens is 414 g/mol. The van der Waals surface area contributed by atoms with Crippen LogP contribution in [-0.2, 0) is 0 Å². The number of H-pyrrole nitrogens is 1. The Morgan fingerprint density at radius 1 is 1.12 bits per heavy atom. The maximum atomic E-state index is 10.8. The van der Waals surface area contributed by atoms with Crippen molar-refractivity contribution in [1.82, 2.24) is 20.1 Å². The van der Waals surface area contributed by atoms with Crippen molar-refractivity contribution < 1.29 is 9.53 Å². The van der Waals surface area contributed by atoms with Gasteiger partial charge >= 0.3 is 0 Å². The quantitative estimate of drug-likeness (QED) is 0.338. The van der Waals surface area contributed by atoms with E-state index >= 15 is 0 Å². The summed E-state index contributed by atoms with van der Waals surface area (Å²) in [5.41, 5.74) is 10.4. The molecule has 2 aromatic heterocycles. The Morgan fingerprint density at radius 2 is 1.76 bits per heavy atom. The molecule has 2 heterocycles. The fraction of sp³-hybridized carbons (Fsp3) is 0.269. The molecule has 0 atom stereocenters. The second-order valence-electron chi connectivity index (χ2n) is 7.72. The first-order valence-electron chi connectivity index (χ1n) is 10.7. The minimum atomic E-state index is 0.0121. The van der Waals surface area contributed by atoms with E-state index in [0.29, 0.717) is 11.3 Å². The van der Waals surface area contributed by atoms with Gasteiger partial charge in [0.05, 0.1) is 12.8 Å². The molecule has 0 aliphatic rings. The number of ether oxygens (including phenoxy) is 1.